The normalized spacial score (nSPS) is 20.1. The molecule has 0 radical (unpaired) electrons. The van der Waals surface area contributed by atoms with Gasteiger partial charge in [-0.15, -0.1) is 0 Å². The monoisotopic (exact) mass is 705 g/mol. The molecule has 11 nitrogen and oxygen atoms in total. The predicted molar refractivity (Wildman–Crippen MR) is 197 cm³/mol. The molecule has 2 saturated carbocycles. The lowest BCUT2D eigenvalue weighted by Crippen LogP contribution is -2.48. The second kappa shape index (κ2) is 17.9. The van der Waals surface area contributed by atoms with Gasteiger partial charge in [0, 0.05) is 11.6 Å². The van der Waals surface area contributed by atoms with Crippen molar-refractivity contribution in [3.63, 3.8) is 0 Å². The zero-order valence-corrected chi connectivity index (χ0v) is 29.6. The highest BCUT2D eigenvalue weighted by Crippen LogP contribution is 2.25. The molecule has 6 rings (SSSR count). The molecule has 2 aliphatic carbocycles. The number of anilines is 1. The van der Waals surface area contributed by atoms with E-state index in [2.05, 4.69) is 21.0 Å². The molecule has 4 aromatic rings. The molecule has 0 saturated heterocycles. The molecule has 3 aromatic carbocycles. The van der Waals surface area contributed by atoms with Gasteiger partial charge in [-0.05, 0) is 55.9 Å². The van der Waals surface area contributed by atoms with Gasteiger partial charge in [-0.25, -0.2) is 4.68 Å². The molecule has 1 aromatic heterocycles. The van der Waals surface area contributed by atoms with Crippen molar-refractivity contribution >= 4 is 29.2 Å². The fourth-order valence-electron chi connectivity index (χ4n) is 7.03. The fraction of sp³-hybridized carbons (Fsp3) is 0.390. The van der Waals surface area contributed by atoms with Crippen molar-refractivity contribution in [1.82, 2.24) is 20.4 Å². The largest absolute Gasteiger partial charge is 0.371 e. The van der Waals surface area contributed by atoms with E-state index in [9.17, 15) is 19.2 Å². The highest BCUT2D eigenvalue weighted by Gasteiger charge is 2.31. The first kappa shape index (κ1) is 36.7. The average molecular weight is 706 g/mol. The molecule has 1 heterocycles. The molecular weight excluding hydrogens is 658 g/mol. The molecular formula is C41H47N5O6. The van der Waals surface area contributed by atoms with Crippen LogP contribution in [-0.4, -0.2) is 57.6 Å². The Balaban J connectivity index is 1.18. The molecule has 3 N–H and O–H groups in total. The van der Waals surface area contributed by atoms with Crippen LogP contribution in [0.1, 0.15) is 101 Å². The summed E-state index contributed by atoms with van der Waals surface area (Å²) in [5.74, 6) is -1.60. The topological polar surface area (TPSA) is 141 Å². The molecule has 0 spiro atoms. The number of carbonyl (C=O) groups is 4. The second-order valence-corrected chi connectivity index (χ2v) is 13.6. The van der Waals surface area contributed by atoms with Crippen LogP contribution in [0.5, 0.6) is 0 Å². The third-order valence-electron chi connectivity index (χ3n) is 9.77. The summed E-state index contributed by atoms with van der Waals surface area (Å²) < 4.78 is 13.8. The highest BCUT2D eigenvalue weighted by molar-refractivity contribution is 6.09. The van der Waals surface area contributed by atoms with Crippen LogP contribution in [0.4, 0.5) is 5.69 Å². The van der Waals surface area contributed by atoms with Crippen LogP contribution in [0.25, 0.3) is 0 Å². The van der Waals surface area contributed by atoms with Gasteiger partial charge in [-0.1, -0.05) is 98.5 Å². The number of Topliss-reactive ketones (excluding diaryl/α,β-unsaturated/α-hetero) is 1. The van der Waals surface area contributed by atoms with E-state index >= 15 is 0 Å². The smallest absolute Gasteiger partial charge is 0.276 e. The quantitative estimate of drug-likeness (QED) is 0.132. The molecule has 0 unspecified atom stereocenters. The first-order valence-electron chi connectivity index (χ1n) is 18.2. The Labute approximate surface area is 304 Å². The zero-order chi connectivity index (χ0) is 36.3. The molecule has 2 aliphatic rings. The van der Waals surface area contributed by atoms with E-state index in [0.29, 0.717) is 24.5 Å². The Bertz CT molecular complexity index is 1830. The van der Waals surface area contributed by atoms with Gasteiger partial charge in [-0.3, -0.25) is 19.2 Å². The number of amides is 3. The minimum absolute atomic E-state index is 0.0569. The molecule has 272 valence electrons. The molecule has 52 heavy (non-hydrogen) atoms. The minimum atomic E-state index is -0.606. The number of para-hydroxylation sites is 1. The third kappa shape index (κ3) is 9.80. The second-order valence-electron chi connectivity index (χ2n) is 13.6. The predicted octanol–water partition coefficient (Wildman–Crippen LogP) is 6.24. The van der Waals surface area contributed by atoms with Crippen molar-refractivity contribution in [3.05, 3.63) is 119 Å². The standard InChI is InChI=1S/C41H47N5O6/c1-28(47)31-18-8-9-19-32(31)43-40(49)35-24-36(41(50)44-34-21-11-13-23-38(34)52-27-30-16-6-3-7-17-30)46(45-35)25-39(48)42-33-20-10-12-22-37(33)51-26-29-14-4-2-5-15-29/h2-9,14-19,24,33-34,37-38H,10-13,20-23,25-27H2,1H3,(H,42,48)(H,43,49)(H,44,50)/t33-,34-,37-,38-/m0/s1. The lowest BCUT2D eigenvalue weighted by atomic mass is 9.92. The Morgan fingerprint density at radius 1 is 0.692 bits per heavy atom. The summed E-state index contributed by atoms with van der Waals surface area (Å²) in [5.41, 5.74) is 2.81. The van der Waals surface area contributed by atoms with Gasteiger partial charge < -0.3 is 25.4 Å². The van der Waals surface area contributed by atoms with Gasteiger partial charge >= 0.3 is 0 Å². The maximum absolute atomic E-state index is 14.0. The number of aromatic nitrogens is 2. The molecule has 3 amide bonds. The van der Waals surface area contributed by atoms with Crippen molar-refractivity contribution in [2.24, 2.45) is 0 Å². The van der Waals surface area contributed by atoms with Crippen LogP contribution in [-0.2, 0) is 34.0 Å². The van der Waals surface area contributed by atoms with E-state index in [4.69, 9.17) is 9.47 Å². The number of nitrogens with one attached hydrogen (secondary N) is 3. The maximum Gasteiger partial charge on any atom is 0.276 e. The number of benzene rings is 3. The molecule has 0 aliphatic heterocycles. The summed E-state index contributed by atoms with van der Waals surface area (Å²) in [6, 6.07) is 27.5. The number of nitrogens with zero attached hydrogens (tertiary/aromatic N) is 2. The van der Waals surface area contributed by atoms with Gasteiger partial charge in [0.1, 0.15) is 12.2 Å². The lowest BCUT2D eigenvalue weighted by molar-refractivity contribution is -0.124. The van der Waals surface area contributed by atoms with Crippen LogP contribution in [0.15, 0.2) is 91.0 Å². The summed E-state index contributed by atoms with van der Waals surface area (Å²) in [5, 5.41) is 13.5. The summed E-state index contributed by atoms with van der Waals surface area (Å²) in [6.07, 6.45) is 6.70. The number of hydrogen-bond donors (Lipinski definition) is 3. The van der Waals surface area contributed by atoms with E-state index in [1.807, 2.05) is 60.7 Å². The van der Waals surface area contributed by atoms with Crippen LogP contribution < -0.4 is 16.0 Å². The number of ketones is 1. The van der Waals surface area contributed by atoms with Crippen molar-refractivity contribution in [2.45, 2.75) is 102 Å². The van der Waals surface area contributed by atoms with E-state index < -0.39 is 11.8 Å². The van der Waals surface area contributed by atoms with Gasteiger partial charge in [0.15, 0.2) is 11.5 Å². The number of carbonyl (C=O) groups excluding carboxylic acids is 4. The van der Waals surface area contributed by atoms with Crippen molar-refractivity contribution in [2.75, 3.05) is 5.32 Å². The molecule has 2 fully saturated rings. The number of rotatable bonds is 14. The van der Waals surface area contributed by atoms with Crippen molar-refractivity contribution in [3.8, 4) is 0 Å². The van der Waals surface area contributed by atoms with E-state index in [0.717, 1.165) is 62.5 Å². The SMILES string of the molecule is CC(=O)c1ccccc1NC(=O)c1cc(C(=O)N[C@H]2CCCC[C@@H]2OCc2ccccc2)n(CC(=O)N[C@H]2CCCC[C@@H]2OCc2ccccc2)n1. The summed E-state index contributed by atoms with van der Waals surface area (Å²) in [4.78, 5) is 53.3. The average Bonchev–Trinajstić information content (AvgIpc) is 3.59. The van der Waals surface area contributed by atoms with Crippen molar-refractivity contribution < 1.29 is 28.7 Å². The first-order valence-corrected chi connectivity index (χ1v) is 18.2. The Hall–Kier alpha value is -5.13. The summed E-state index contributed by atoms with van der Waals surface area (Å²) >= 11 is 0. The maximum atomic E-state index is 14.0. The fourth-order valence-corrected chi connectivity index (χ4v) is 7.03. The lowest BCUT2D eigenvalue weighted by Gasteiger charge is -2.32. The van der Waals surface area contributed by atoms with Crippen LogP contribution >= 0.6 is 0 Å². The van der Waals surface area contributed by atoms with Crippen LogP contribution in [0, 0.1) is 0 Å². The Morgan fingerprint density at radius 2 is 1.23 bits per heavy atom. The summed E-state index contributed by atoms with van der Waals surface area (Å²) in [6.45, 7) is 2.02. The van der Waals surface area contributed by atoms with Crippen LogP contribution in [0.3, 0.4) is 0 Å². The minimum Gasteiger partial charge on any atom is -0.371 e. The van der Waals surface area contributed by atoms with E-state index in [-0.39, 0.29) is 53.9 Å². The number of ether oxygens (including phenoxy) is 2. The van der Waals surface area contributed by atoms with Crippen molar-refractivity contribution in [1.29, 1.82) is 0 Å². The Morgan fingerprint density at radius 3 is 1.83 bits per heavy atom. The van der Waals surface area contributed by atoms with Gasteiger partial charge in [0.25, 0.3) is 11.8 Å². The van der Waals surface area contributed by atoms with Crippen LogP contribution in [0.2, 0.25) is 0 Å². The zero-order valence-electron chi connectivity index (χ0n) is 29.6. The summed E-state index contributed by atoms with van der Waals surface area (Å²) in [7, 11) is 0. The highest BCUT2D eigenvalue weighted by atomic mass is 16.5. The van der Waals surface area contributed by atoms with E-state index in [1.54, 1.807) is 24.3 Å². The molecule has 4 atom stereocenters. The first-order chi connectivity index (χ1) is 25.3. The third-order valence-corrected chi connectivity index (χ3v) is 9.77. The Kier molecular flexibility index (Phi) is 12.6. The molecule has 0 bridgehead atoms. The van der Waals surface area contributed by atoms with Gasteiger partial charge in [0.05, 0.1) is 43.2 Å². The van der Waals surface area contributed by atoms with Gasteiger partial charge in [-0.2, -0.15) is 5.10 Å². The number of hydrogen-bond acceptors (Lipinski definition) is 7. The van der Waals surface area contributed by atoms with Gasteiger partial charge in [0.2, 0.25) is 5.91 Å². The molecule has 11 heteroatoms. The van der Waals surface area contributed by atoms with E-state index in [1.165, 1.54) is 17.7 Å².